The maximum absolute atomic E-state index is 12.7. The predicted molar refractivity (Wildman–Crippen MR) is 307 cm³/mol. The van der Waals surface area contributed by atoms with Crippen LogP contribution in [0, 0.1) is 0 Å². The third-order valence-electron chi connectivity index (χ3n) is 13.2. The average Bonchev–Trinajstić information content (AvgIpc) is 3.37. The zero-order valence-corrected chi connectivity index (χ0v) is 47.0. The highest BCUT2D eigenvalue weighted by Crippen LogP contribution is 2.16. The molecule has 6 nitrogen and oxygen atoms in total. The molecule has 0 N–H and O–H groups in total. The van der Waals surface area contributed by atoms with Crippen LogP contribution in [0.2, 0.25) is 0 Å². The number of ether oxygens (including phenoxy) is 3. The van der Waals surface area contributed by atoms with Crippen molar-refractivity contribution >= 4 is 17.9 Å². The highest BCUT2D eigenvalue weighted by atomic mass is 16.6. The number of hydrogen-bond acceptors (Lipinski definition) is 6. The first-order valence-electron chi connectivity index (χ1n) is 30.4. The molecule has 0 radical (unpaired) electrons. The van der Waals surface area contributed by atoms with Crippen molar-refractivity contribution in [3.63, 3.8) is 0 Å². The summed E-state index contributed by atoms with van der Waals surface area (Å²) in [6.07, 6.45) is 76.8. The third-order valence-corrected chi connectivity index (χ3v) is 13.2. The van der Waals surface area contributed by atoms with Gasteiger partial charge in [0.25, 0.3) is 0 Å². The van der Waals surface area contributed by atoms with Crippen LogP contribution in [0.1, 0.15) is 303 Å². The molecule has 0 rings (SSSR count). The van der Waals surface area contributed by atoms with Crippen molar-refractivity contribution in [2.45, 2.75) is 309 Å². The molecule has 0 spiro atoms. The van der Waals surface area contributed by atoms with Crippen molar-refractivity contribution in [1.82, 2.24) is 0 Å². The Balaban J connectivity index is 3.93. The van der Waals surface area contributed by atoms with Crippen molar-refractivity contribution in [1.29, 1.82) is 0 Å². The molecule has 1 unspecified atom stereocenters. The Kier molecular flexibility index (Phi) is 56.8. The Morgan fingerprint density at radius 1 is 0.296 bits per heavy atom. The van der Waals surface area contributed by atoms with Crippen molar-refractivity contribution in [3.8, 4) is 0 Å². The Bertz CT molecular complexity index is 1320. The van der Waals surface area contributed by atoms with Crippen molar-refractivity contribution in [2.24, 2.45) is 0 Å². The van der Waals surface area contributed by atoms with Gasteiger partial charge in [0.1, 0.15) is 13.2 Å². The molecule has 0 bridgehead atoms. The van der Waals surface area contributed by atoms with E-state index < -0.39 is 6.10 Å². The Labute approximate surface area is 440 Å². The molecule has 0 amide bonds. The molecule has 410 valence electrons. The molecule has 0 heterocycles. The maximum atomic E-state index is 12.7. The van der Waals surface area contributed by atoms with Gasteiger partial charge in [-0.05, 0) is 89.9 Å². The lowest BCUT2D eigenvalue weighted by Gasteiger charge is -2.18. The summed E-state index contributed by atoms with van der Waals surface area (Å²) in [6.45, 7) is 6.43. The van der Waals surface area contributed by atoms with Crippen LogP contribution in [0.3, 0.4) is 0 Å². The predicted octanol–water partition coefficient (Wildman–Crippen LogP) is 20.5. The van der Waals surface area contributed by atoms with E-state index in [9.17, 15) is 14.4 Å². The van der Waals surface area contributed by atoms with Gasteiger partial charge in [0, 0.05) is 19.3 Å². The number of esters is 3. The second kappa shape index (κ2) is 59.4. The minimum absolute atomic E-state index is 0.0802. The second-order valence-corrected chi connectivity index (χ2v) is 20.2. The lowest BCUT2D eigenvalue weighted by molar-refractivity contribution is -0.167. The number of hydrogen-bond donors (Lipinski definition) is 0. The van der Waals surface area contributed by atoms with E-state index >= 15 is 0 Å². The number of carbonyl (C=O) groups is 3. The smallest absolute Gasteiger partial charge is 0.306 e. The molecular formula is C65H114O6. The van der Waals surface area contributed by atoms with Crippen molar-refractivity contribution in [3.05, 3.63) is 72.9 Å². The van der Waals surface area contributed by atoms with E-state index in [1.54, 1.807) is 0 Å². The van der Waals surface area contributed by atoms with Gasteiger partial charge in [-0.3, -0.25) is 14.4 Å². The Morgan fingerprint density at radius 3 is 0.859 bits per heavy atom. The fourth-order valence-corrected chi connectivity index (χ4v) is 8.64. The Hall–Kier alpha value is -3.15. The molecule has 0 aromatic heterocycles. The van der Waals surface area contributed by atoms with Gasteiger partial charge >= 0.3 is 17.9 Å². The van der Waals surface area contributed by atoms with Crippen LogP contribution in [0.25, 0.3) is 0 Å². The van der Waals surface area contributed by atoms with Gasteiger partial charge < -0.3 is 14.2 Å². The maximum Gasteiger partial charge on any atom is 0.306 e. The Morgan fingerprint density at radius 2 is 0.549 bits per heavy atom. The highest BCUT2D eigenvalue weighted by Gasteiger charge is 2.19. The first-order chi connectivity index (χ1) is 35.0. The summed E-state index contributed by atoms with van der Waals surface area (Å²) >= 11 is 0. The molecule has 71 heavy (non-hydrogen) atoms. The van der Waals surface area contributed by atoms with E-state index in [1.165, 1.54) is 148 Å². The summed E-state index contributed by atoms with van der Waals surface area (Å²) in [5.41, 5.74) is 0. The molecular weight excluding hydrogens is 877 g/mol. The van der Waals surface area contributed by atoms with Gasteiger partial charge in [-0.1, -0.05) is 267 Å². The first-order valence-corrected chi connectivity index (χ1v) is 30.4. The standard InChI is InChI=1S/C65H114O6/c1-4-7-10-13-15-17-19-21-23-24-25-26-27-28-29-30-31-32-33-34-35-36-37-38-39-40-42-43-45-47-49-52-55-58-64(67)70-61-62(60-69-63(66)57-54-51-12-9-6-3)71-65(68)59-56-53-50-48-46-44-41-22-20-18-16-14-11-8-5-2/h8,11,16,18-19,21-22,24-25,27-28,41,62H,4-7,9-10,12-15,17,20,23,26,29-40,42-61H2,1-3H3/b11-8-,18-16-,21-19-,25-24-,28-27-,41-22-. The number of allylic oxidation sites excluding steroid dienone is 12. The van der Waals surface area contributed by atoms with Crippen molar-refractivity contribution in [2.75, 3.05) is 13.2 Å². The number of unbranched alkanes of at least 4 members (excludes halogenated alkanes) is 32. The summed E-state index contributed by atoms with van der Waals surface area (Å²) in [6, 6.07) is 0. The van der Waals surface area contributed by atoms with E-state index in [1.807, 2.05) is 0 Å². The van der Waals surface area contributed by atoms with Gasteiger partial charge in [-0.2, -0.15) is 0 Å². The van der Waals surface area contributed by atoms with E-state index in [2.05, 4.69) is 93.7 Å². The van der Waals surface area contributed by atoms with Crippen LogP contribution in [-0.4, -0.2) is 37.2 Å². The van der Waals surface area contributed by atoms with Gasteiger partial charge in [-0.15, -0.1) is 0 Å². The third kappa shape index (κ3) is 57.6. The van der Waals surface area contributed by atoms with Crippen LogP contribution < -0.4 is 0 Å². The summed E-state index contributed by atoms with van der Waals surface area (Å²) in [5.74, 6) is -0.904. The quantitative estimate of drug-likeness (QED) is 0.0261. The van der Waals surface area contributed by atoms with Gasteiger partial charge in [0.05, 0.1) is 0 Å². The minimum Gasteiger partial charge on any atom is -0.462 e. The van der Waals surface area contributed by atoms with Gasteiger partial charge in [-0.25, -0.2) is 0 Å². The molecule has 0 saturated carbocycles. The summed E-state index contributed by atoms with van der Waals surface area (Å²) in [4.78, 5) is 37.8. The highest BCUT2D eigenvalue weighted by molar-refractivity contribution is 5.71. The van der Waals surface area contributed by atoms with E-state index in [4.69, 9.17) is 14.2 Å². The number of carbonyl (C=O) groups excluding carboxylic acids is 3. The van der Waals surface area contributed by atoms with E-state index in [0.29, 0.717) is 19.3 Å². The fraction of sp³-hybridized carbons (Fsp3) is 0.769. The molecule has 0 aliphatic rings. The monoisotopic (exact) mass is 991 g/mol. The molecule has 1 atom stereocenters. The van der Waals surface area contributed by atoms with Crippen LogP contribution in [-0.2, 0) is 28.6 Å². The first kappa shape index (κ1) is 67.8. The molecule has 0 saturated heterocycles. The summed E-state index contributed by atoms with van der Waals surface area (Å²) < 4.78 is 16.7. The second-order valence-electron chi connectivity index (χ2n) is 20.2. The molecule has 6 heteroatoms. The van der Waals surface area contributed by atoms with Crippen LogP contribution in [0.15, 0.2) is 72.9 Å². The molecule has 0 aliphatic heterocycles. The zero-order valence-electron chi connectivity index (χ0n) is 47.0. The molecule has 0 aliphatic carbocycles. The molecule has 0 aromatic carbocycles. The lowest BCUT2D eigenvalue weighted by atomic mass is 10.0. The molecule has 0 aromatic rings. The fourth-order valence-electron chi connectivity index (χ4n) is 8.64. The van der Waals surface area contributed by atoms with E-state index in [0.717, 1.165) is 116 Å². The van der Waals surface area contributed by atoms with Gasteiger partial charge in [0.15, 0.2) is 6.10 Å². The summed E-state index contributed by atoms with van der Waals surface area (Å²) in [7, 11) is 0. The lowest BCUT2D eigenvalue weighted by Crippen LogP contribution is -2.30. The molecule has 0 fully saturated rings. The van der Waals surface area contributed by atoms with Gasteiger partial charge in [0.2, 0.25) is 0 Å². The number of rotatable bonds is 55. The minimum atomic E-state index is -0.779. The zero-order chi connectivity index (χ0) is 51.4. The van der Waals surface area contributed by atoms with Crippen LogP contribution in [0.4, 0.5) is 0 Å². The summed E-state index contributed by atoms with van der Waals surface area (Å²) in [5, 5.41) is 0. The van der Waals surface area contributed by atoms with E-state index in [-0.39, 0.29) is 31.1 Å². The normalized spacial score (nSPS) is 12.5. The average molecular weight is 992 g/mol. The SMILES string of the molecule is CC/C=C\C/C=C\C/C=C\CCCCCCCC(=O)OC(COC(=O)CCCCCCC)COC(=O)CCCCCCCCCCCCCCCCCCCC/C=C\C/C=C\C/C=C\CCCCCCC. The topological polar surface area (TPSA) is 78.9 Å². The van der Waals surface area contributed by atoms with Crippen LogP contribution in [0.5, 0.6) is 0 Å². The van der Waals surface area contributed by atoms with Crippen molar-refractivity contribution < 1.29 is 28.6 Å². The van der Waals surface area contributed by atoms with Crippen LogP contribution >= 0.6 is 0 Å². The largest absolute Gasteiger partial charge is 0.462 e.